The number of hydrazine groups is 1. The molecular formula is C36H34N8O4S. The number of para-hydroxylation sites is 1. The van der Waals surface area contributed by atoms with Crippen molar-refractivity contribution in [3.8, 4) is 0 Å². The number of hydrogen-bond donors (Lipinski definition) is 4. The van der Waals surface area contributed by atoms with Gasteiger partial charge in [0.2, 0.25) is 11.8 Å². The van der Waals surface area contributed by atoms with Crippen LogP contribution in [0.3, 0.4) is 0 Å². The second-order valence-electron chi connectivity index (χ2n) is 12.0. The largest absolute Gasteiger partial charge is 0.375 e. The predicted molar refractivity (Wildman–Crippen MR) is 187 cm³/mol. The lowest BCUT2D eigenvalue weighted by atomic mass is 9.99. The summed E-state index contributed by atoms with van der Waals surface area (Å²) in [5.41, 5.74) is 13.3. The smallest absolute Gasteiger partial charge is 0.329 e. The number of rotatable bonds is 9. The van der Waals surface area contributed by atoms with Gasteiger partial charge in [0.1, 0.15) is 12.2 Å². The normalized spacial score (nSPS) is 17.6. The van der Waals surface area contributed by atoms with Gasteiger partial charge in [0.25, 0.3) is 5.91 Å². The van der Waals surface area contributed by atoms with Gasteiger partial charge in [-0.1, -0.05) is 84.1 Å². The van der Waals surface area contributed by atoms with Crippen molar-refractivity contribution in [2.24, 2.45) is 0 Å². The number of hydrogen-bond acceptors (Lipinski definition) is 8. The Morgan fingerprint density at radius 2 is 1.61 bits per heavy atom. The summed E-state index contributed by atoms with van der Waals surface area (Å²) in [5.74, 6) is -0.691. The number of benzene rings is 4. The zero-order valence-electron chi connectivity index (χ0n) is 26.4. The molecule has 2 aliphatic rings. The van der Waals surface area contributed by atoms with Crippen molar-refractivity contribution in [1.29, 1.82) is 0 Å². The molecule has 0 unspecified atom stereocenters. The van der Waals surface area contributed by atoms with Crippen LogP contribution in [0.15, 0.2) is 103 Å². The lowest BCUT2D eigenvalue weighted by Gasteiger charge is -2.44. The van der Waals surface area contributed by atoms with Gasteiger partial charge in [-0.05, 0) is 47.0 Å². The quantitative estimate of drug-likeness (QED) is 0.185. The summed E-state index contributed by atoms with van der Waals surface area (Å²) in [6.07, 6.45) is -0.353. The Bertz CT molecular complexity index is 2000. The average molecular weight is 675 g/mol. The second kappa shape index (κ2) is 13.7. The molecule has 4 aromatic carbocycles. The van der Waals surface area contributed by atoms with Crippen LogP contribution < -0.4 is 21.8 Å². The van der Waals surface area contributed by atoms with E-state index in [9.17, 15) is 19.2 Å². The monoisotopic (exact) mass is 674 g/mol. The van der Waals surface area contributed by atoms with Crippen molar-refractivity contribution in [3.63, 3.8) is 0 Å². The van der Waals surface area contributed by atoms with Crippen molar-refractivity contribution in [2.45, 2.75) is 31.7 Å². The van der Waals surface area contributed by atoms with E-state index in [1.54, 1.807) is 51.2 Å². The van der Waals surface area contributed by atoms with Gasteiger partial charge < -0.3 is 26.2 Å². The molecule has 3 heterocycles. The van der Waals surface area contributed by atoms with E-state index < -0.39 is 18.2 Å². The van der Waals surface area contributed by atoms with E-state index >= 15 is 0 Å². The summed E-state index contributed by atoms with van der Waals surface area (Å²) in [7, 11) is 0. The zero-order chi connectivity index (χ0) is 33.9. The maximum Gasteiger partial charge on any atom is 0.329 e. The number of urea groups is 1. The molecule has 5 aromatic rings. The maximum absolute atomic E-state index is 14.2. The molecule has 1 aromatic heterocycles. The summed E-state index contributed by atoms with van der Waals surface area (Å²) >= 11 is 1.38. The van der Waals surface area contributed by atoms with E-state index in [0.29, 0.717) is 22.9 Å². The SMILES string of the molecule is Nc1nc2c(CN3C[C@@H]4N(NC(=O)NCc5ccccc5)CC(=O)N4[C@@H](Cc4ccc(NC(=O)c5ccccc5)cc4)C3=O)cccc2s1. The predicted octanol–water partition coefficient (Wildman–Crippen LogP) is 3.97. The number of carbonyl (C=O) groups excluding carboxylic acids is 4. The van der Waals surface area contributed by atoms with E-state index in [-0.39, 0.29) is 43.8 Å². The molecule has 12 nitrogen and oxygen atoms in total. The first-order valence-corrected chi connectivity index (χ1v) is 16.7. The molecule has 2 aliphatic heterocycles. The summed E-state index contributed by atoms with van der Waals surface area (Å²) in [4.78, 5) is 61.2. The van der Waals surface area contributed by atoms with Gasteiger partial charge in [0, 0.05) is 30.8 Å². The van der Waals surface area contributed by atoms with Gasteiger partial charge in [-0.25, -0.2) is 9.78 Å². The summed E-state index contributed by atoms with van der Waals surface area (Å²) in [6.45, 7) is 0.676. The highest BCUT2D eigenvalue weighted by Crippen LogP contribution is 2.31. The molecule has 49 heavy (non-hydrogen) atoms. The summed E-state index contributed by atoms with van der Waals surface area (Å²) < 4.78 is 0.923. The van der Waals surface area contributed by atoms with Gasteiger partial charge in [0.15, 0.2) is 5.13 Å². The minimum absolute atomic E-state index is 0.0797. The van der Waals surface area contributed by atoms with Crippen LogP contribution in [0.25, 0.3) is 10.2 Å². The zero-order valence-corrected chi connectivity index (χ0v) is 27.2. The molecule has 5 amide bonds. The second-order valence-corrected chi connectivity index (χ2v) is 13.0. The first-order valence-electron chi connectivity index (χ1n) is 15.9. The lowest BCUT2D eigenvalue weighted by Crippen LogP contribution is -2.65. The number of nitrogen functional groups attached to an aromatic ring is 1. The van der Waals surface area contributed by atoms with Crippen molar-refractivity contribution < 1.29 is 19.2 Å². The van der Waals surface area contributed by atoms with Gasteiger partial charge in [0.05, 0.1) is 23.3 Å². The first kappa shape index (κ1) is 31.8. The topological polar surface area (TPSA) is 153 Å². The van der Waals surface area contributed by atoms with E-state index in [4.69, 9.17) is 5.73 Å². The molecule has 2 atom stereocenters. The number of carbonyl (C=O) groups is 4. The average Bonchev–Trinajstić information content (AvgIpc) is 3.65. The van der Waals surface area contributed by atoms with E-state index in [2.05, 4.69) is 21.0 Å². The molecule has 2 saturated heterocycles. The van der Waals surface area contributed by atoms with Crippen molar-refractivity contribution >= 4 is 56.1 Å². The number of fused-ring (bicyclic) bond motifs is 2. The Morgan fingerprint density at radius 3 is 2.37 bits per heavy atom. The highest BCUT2D eigenvalue weighted by molar-refractivity contribution is 7.22. The number of aromatic nitrogens is 1. The Kier molecular flexibility index (Phi) is 8.92. The van der Waals surface area contributed by atoms with E-state index in [1.165, 1.54) is 11.3 Å². The van der Waals surface area contributed by atoms with Crippen molar-refractivity contribution in [2.75, 3.05) is 24.1 Å². The Morgan fingerprint density at radius 1 is 0.878 bits per heavy atom. The molecule has 0 bridgehead atoms. The Labute approximate surface area is 286 Å². The highest BCUT2D eigenvalue weighted by atomic mass is 32.1. The molecule has 0 spiro atoms. The molecule has 2 fully saturated rings. The number of thiazole rings is 1. The molecule has 248 valence electrons. The van der Waals surface area contributed by atoms with Crippen molar-refractivity contribution in [1.82, 2.24) is 30.5 Å². The standard InChI is InChI=1S/C36H34N8O4S/c37-35-40-32-26(12-7-13-29(32)49-35)20-42-21-30-43(41-36(48)38-19-24-8-3-1-4-9-24)22-31(45)44(30)28(34(42)47)18-23-14-16-27(17-15-23)39-33(46)25-10-5-2-6-11-25/h1-17,28,30H,18-22H2,(H2,37,40)(H,39,46)(H2,38,41,48)/t28-,30+/m0/s1. The fourth-order valence-electron chi connectivity index (χ4n) is 6.32. The lowest BCUT2D eigenvalue weighted by molar-refractivity contribution is -0.154. The van der Waals surface area contributed by atoms with Crippen LogP contribution >= 0.6 is 11.3 Å². The molecular weight excluding hydrogens is 641 g/mol. The number of nitrogens with one attached hydrogen (secondary N) is 3. The summed E-state index contributed by atoms with van der Waals surface area (Å²) in [6, 6.07) is 30.2. The minimum atomic E-state index is -0.824. The third-order valence-electron chi connectivity index (χ3n) is 8.69. The van der Waals surface area contributed by atoms with Crippen LogP contribution in [0, 0.1) is 0 Å². The number of piperazine rings is 1. The van der Waals surface area contributed by atoms with Gasteiger partial charge >= 0.3 is 6.03 Å². The van der Waals surface area contributed by atoms with E-state index in [0.717, 1.165) is 26.9 Å². The number of nitrogens with zero attached hydrogens (tertiary/aromatic N) is 4. The fraction of sp³-hybridized carbons (Fsp3) is 0.194. The third-order valence-corrected chi connectivity index (χ3v) is 9.54. The highest BCUT2D eigenvalue weighted by Gasteiger charge is 2.50. The Balaban J connectivity index is 1.12. The third kappa shape index (κ3) is 6.93. The number of nitrogens with two attached hydrogens (primary N) is 1. The van der Waals surface area contributed by atoms with Crippen molar-refractivity contribution in [3.05, 3.63) is 125 Å². The van der Waals surface area contributed by atoms with Gasteiger partial charge in [-0.3, -0.25) is 19.8 Å². The summed E-state index contributed by atoms with van der Waals surface area (Å²) in [5, 5.41) is 7.78. The fourth-order valence-corrected chi connectivity index (χ4v) is 7.10. The van der Waals surface area contributed by atoms with Crippen LogP contribution in [-0.2, 0) is 29.1 Å². The number of amides is 5. The van der Waals surface area contributed by atoms with Gasteiger partial charge in [-0.2, -0.15) is 5.01 Å². The first-order chi connectivity index (χ1) is 23.8. The van der Waals surface area contributed by atoms with E-state index in [1.807, 2.05) is 66.7 Å². The maximum atomic E-state index is 14.2. The number of anilines is 2. The van der Waals surface area contributed by atoms with Crippen LogP contribution in [0.1, 0.15) is 27.0 Å². The molecule has 0 radical (unpaired) electrons. The van der Waals surface area contributed by atoms with Crippen LogP contribution in [0.4, 0.5) is 15.6 Å². The van der Waals surface area contributed by atoms with Gasteiger partial charge in [-0.15, -0.1) is 0 Å². The molecule has 0 saturated carbocycles. The molecule has 7 rings (SSSR count). The van der Waals surface area contributed by atoms with Crippen LogP contribution in [-0.4, -0.2) is 68.8 Å². The molecule has 13 heteroatoms. The van der Waals surface area contributed by atoms with Crippen LogP contribution in [0.2, 0.25) is 0 Å². The Hall–Kier alpha value is -5.79. The molecule has 5 N–H and O–H groups in total. The minimum Gasteiger partial charge on any atom is -0.375 e. The molecule has 0 aliphatic carbocycles. The van der Waals surface area contributed by atoms with Crippen LogP contribution in [0.5, 0.6) is 0 Å².